The van der Waals surface area contributed by atoms with Gasteiger partial charge in [-0.25, -0.2) is 0 Å². The molecule has 1 fully saturated rings. The summed E-state index contributed by atoms with van der Waals surface area (Å²) in [7, 11) is 1.48. The topological polar surface area (TPSA) is 85.3 Å². The lowest BCUT2D eigenvalue weighted by Gasteiger charge is -2.26. The molecule has 3 aromatic rings. The lowest BCUT2D eigenvalue weighted by atomic mass is 9.95. The summed E-state index contributed by atoms with van der Waals surface area (Å²) in [4.78, 5) is 28.2. The van der Waals surface area contributed by atoms with Crippen molar-refractivity contribution in [2.75, 3.05) is 18.6 Å². The second kappa shape index (κ2) is 11.0. The molecule has 1 unspecified atom stereocenters. The maximum atomic E-state index is 13.4. The van der Waals surface area contributed by atoms with Crippen LogP contribution in [0.25, 0.3) is 5.76 Å². The molecule has 1 saturated heterocycles. The summed E-state index contributed by atoms with van der Waals surface area (Å²) < 4.78 is 16.6. The fourth-order valence-electron chi connectivity index (χ4n) is 4.28. The van der Waals surface area contributed by atoms with Crippen LogP contribution in [0.5, 0.6) is 17.2 Å². The van der Waals surface area contributed by atoms with Crippen LogP contribution in [0.2, 0.25) is 5.02 Å². The number of carbonyl (C=O) groups excluding carboxylic acids is 2. The number of amides is 1. The zero-order chi connectivity index (χ0) is 26.7. The van der Waals surface area contributed by atoms with E-state index in [-0.39, 0.29) is 28.0 Å². The Morgan fingerprint density at radius 3 is 2.38 bits per heavy atom. The average Bonchev–Trinajstić information content (AvgIpc) is 3.14. The van der Waals surface area contributed by atoms with E-state index in [1.165, 1.54) is 18.1 Å². The summed E-state index contributed by atoms with van der Waals surface area (Å²) in [6.07, 6.45) is -0.0749. The summed E-state index contributed by atoms with van der Waals surface area (Å²) >= 11 is 6.28. The Morgan fingerprint density at radius 2 is 1.76 bits per heavy atom. The quantitative estimate of drug-likeness (QED) is 0.217. The van der Waals surface area contributed by atoms with Crippen molar-refractivity contribution >= 4 is 34.7 Å². The lowest BCUT2D eigenvalue weighted by molar-refractivity contribution is -0.132. The molecular formula is C29H28ClNO6. The molecule has 1 atom stereocenters. The smallest absolute Gasteiger partial charge is 0.300 e. The van der Waals surface area contributed by atoms with Gasteiger partial charge in [0.25, 0.3) is 11.7 Å². The van der Waals surface area contributed by atoms with Gasteiger partial charge in [0.05, 0.1) is 36.5 Å². The van der Waals surface area contributed by atoms with Crippen LogP contribution in [0.3, 0.4) is 0 Å². The molecule has 0 spiro atoms. The summed E-state index contributed by atoms with van der Waals surface area (Å²) in [6, 6.07) is 17.8. The minimum atomic E-state index is -0.908. The summed E-state index contributed by atoms with van der Waals surface area (Å²) in [5.41, 5.74) is 1.32. The highest BCUT2D eigenvalue weighted by molar-refractivity contribution is 6.51. The molecule has 7 nitrogen and oxygen atoms in total. The van der Waals surface area contributed by atoms with Crippen LogP contribution in [0, 0.1) is 0 Å². The van der Waals surface area contributed by atoms with Crippen molar-refractivity contribution in [1.29, 1.82) is 0 Å². The van der Waals surface area contributed by atoms with Gasteiger partial charge in [-0.1, -0.05) is 23.7 Å². The van der Waals surface area contributed by atoms with Crippen molar-refractivity contribution in [2.45, 2.75) is 32.9 Å². The van der Waals surface area contributed by atoms with E-state index in [4.69, 9.17) is 25.8 Å². The second-order valence-corrected chi connectivity index (χ2v) is 9.09. The standard InChI is InChI=1S/C29H28ClNO6/c1-5-36-21-12-10-20(11-13-21)31-26(18-7-6-8-22(15-18)37-17(2)3)25(28(33)29(31)34)27(32)19-9-14-24(35-4)23(30)16-19/h6-17,26,32H,5H2,1-4H3/b27-25+. The summed E-state index contributed by atoms with van der Waals surface area (Å²) in [5, 5.41) is 11.6. The van der Waals surface area contributed by atoms with E-state index >= 15 is 0 Å². The summed E-state index contributed by atoms with van der Waals surface area (Å²) in [5.74, 6) is -0.263. The Kier molecular flexibility index (Phi) is 7.74. The molecule has 0 aliphatic carbocycles. The minimum absolute atomic E-state index is 0.0539. The first-order valence-corrected chi connectivity index (χ1v) is 12.3. The zero-order valence-corrected chi connectivity index (χ0v) is 21.8. The van der Waals surface area contributed by atoms with Crippen LogP contribution in [0.4, 0.5) is 5.69 Å². The Hall–Kier alpha value is -3.97. The number of Topliss-reactive ketones (excluding diaryl/α,β-unsaturated/α-hetero) is 1. The largest absolute Gasteiger partial charge is 0.507 e. The minimum Gasteiger partial charge on any atom is -0.507 e. The van der Waals surface area contributed by atoms with Crippen LogP contribution in [0.1, 0.15) is 37.9 Å². The maximum absolute atomic E-state index is 13.4. The third kappa shape index (κ3) is 5.27. The van der Waals surface area contributed by atoms with E-state index in [0.717, 1.165) is 0 Å². The molecule has 192 valence electrons. The number of hydrogen-bond donors (Lipinski definition) is 1. The monoisotopic (exact) mass is 521 g/mol. The van der Waals surface area contributed by atoms with Crippen LogP contribution in [0.15, 0.2) is 72.3 Å². The van der Waals surface area contributed by atoms with Crippen LogP contribution in [-0.4, -0.2) is 36.6 Å². The van der Waals surface area contributed by atoms with Crippen molar-refractivity contribution in [3.05, 3.63) is 88.5 Å². The molecular weight excluding hydrogens is 494 g/mol. The number of halogens is 1. The number of methoxy groups -OCH3 is 1. The number of hydrogen-bond acceptors (Lipinski definition) is 6. The number of ketones is 1. The fourth-order valence-corrected chi connectivity index (χ4v) is 4.54. The van der Waals surface area contributed by atoms with Gasteiger partial charge in [0.15, 0.2) is 0 Å². The zero-order valence-electron chi connectivity index (χ0n) is 21.0. The third-order valence-electron chi connectivity index (χ3n) is 5.84. The maximum Gasteiger partial charge on any atom is 0.300 e. The Bertz CT molecular complexity index is 1350. The van der Waals surface area contributed by atoms with E-state index in [1.54, 1.807) is 60.7 Å². The van der Waals surface area contributed by atoms with Gasteiger partial charge in [0.2, 0.25) is 0 Å². The van der Waals surface area contributed by atoms with Crippen LogP contribution in [-0.2, 0) is 9.59 Å². The van der Waals surface area contributed by atoms with Gasteiger partial charge in [-0.3, -0.25) is 14.5 Å². The molecule has 1 N–H and O–H groups in total. The first-order valence-electron chi connectivity index (χ1n) is 11.9. The average molecular weight is 522 g/mol. The van der Waals surface area contributed by atoms with E-state index in [2.05, 4.69) is 0 Å². The van der Waals surface area contributed by atoms with E-state index in [9.17, 15) is 14.7 Å². The highest BCUT2D eigenvalue weighted by atomic mass is 35.5. The number of aliphatic hydroxyl groups is 1. The Labute approximate surface area is 220 Å². The number of aliphatic hydroxyl groups excluding tert-OH is 1. The SMILES string of the molecule is CCOc1ccc(N2C(=O)C(=O)/C(=C(/O)c3ccc(OC)c(Cl)c3)C2c2cccc(OC(C)C)c2)cc1. The number of nitrogens with zero attached hydrogens (tertiary/aromatic N) is 1. The second-order valence-electron chi connectivity index (χ2n) is 8.68. The van der Waals surface area contributed by atoms with Crippen molar-refractivity contribution < 1.29 is 28.9 Å². The van der Waals surface area contributed by atoms with Gasteiger partial charge in [0, 0.05) is 11.3 Å². The molecule has 1 aliphatic rings. The highest BCUT2D eigenvalue weighted by Crippen LogP contribution is 2.43. The number of anilines is 1. The predicted octanol–water partition coefficient (Wildman–Crippen LogP) is 6.16. The molecule has 1 heterocycles. The van der Waals surface area contributed by atoms with Gasteiger partial charge in [0.1, 0.15) is 23.0 Å². The molecule has 1 aliphatic heterocycles. The van der Waals surface area contributed by atoms with Gasteiger partial charge in [-0.15, -0.1) is 0 Å². The molecule has 8 heteroatoms. The Balaban J connectivity index is 1.90. The molecule has 1 amide bonds. The van der Waals surface area contributed by atoms with Crippen molar-refractivity contribution in [2.24, 2.45) is 0 Å². The fraction of sp³-hybridized carbons (Fsp3) is 0.241. The molecule has 37 heavy (non-hydrogen) atoms. The molecule has 0 aromatic heterocycles. The molecule has 3 aromatic carbocycles. The van der Waals surface area contributed by atoms with E-state index in [0.29, 0.717) is 35.1 Å². The number of rotatable bonds is 8. The van der Waals surface area contributed by atoms with Crippen molar-refractivity contribution in [3.8, 4) is 17.2 Å². The molecule has 0 radical (unpaired) electrons. The van der Waals surface area contributed by atoms with E-state index < -0.39 is 17.7 Å². The van der Waals surface area contributed by atoms with Gasteiger partial charge in [-0.05, 0) is 80.9 Å². The predicted molar refractivity (Wildman–Crippen MR) is 143 cm³/mol. The Morgan fingerprint density at radius 1 is 1.03 bits per heavy atom. The molecule has 4 rings (SSSR count). The normalized spacial score (nSPS) is 16.8. The molecule has 0 saturated carbocycles. The third-order valence-corrected chi connectivity index (χ3v) is 6.14. The first kappa shape index (κ1) is 26.1. The van der Waals surface area contributed by atoms with Gasteiger partial charge in [-0.2, -0.15) is 0 Å². The highest BCUT2D eigenvalue weighted by Gasteiger charge is 2.47. The van der Waals surface area contributed by atoms with Crippen LogP contribution >= 0.6 is 11.6 Å². The van der Waals surface area contributed by atoms with Gasteiger partial charge >= 0.3 is 0 Å². The lowest BCUT2D eigenvalue weighted by Crippen LogP contribution is -2.29. The number of benzene rings is 3. The number of ether oxygens (including phenoxy) is 3. The summed E-state index contributed by atoms with van der Waals surface area (Å²) in [6.45, 7) is 6.19. The van der Waals surface area contributed by atoms with Gasteiger partial charge < -0.3 is 19.3 Å². The number of carbonyl (C=O) groups is 2. The van der Waals surface area contributed by atoms with Crippen LogP contribution < -0.4 is 19.1 Å². The first-order chi connectivity index (χ1) is 17.7. The van der Waals surface area contributed by atoms with Crippen molar-refractivity contribution in [1.82, 2.24) is 0 Å². The van der Waals surface area contributed by atoms with E-state index in [1.807, 2.05) is 20.8 Å². The molecule has 0 bridgehead atoms. The van der Waals surface area contributed by atoms with Crippen molar-refractivity contribution in [3.63, 3.8) is 0 Å².